The molecule has 8 heteroatoms. The van der Waals surface area contributed by atoms with Gasteiger partial charge in [0.2, 0.25) is 0 Å². The Morgan fingerprint density at radius 3 is 2.58 bits per heavy atom. The van der Waals surface area contributed by atoms with Gasteiger partial charge in [0.15, 0.2) is 0 Å². The van der Waals surface area contributed by atoms with E-state index in [-0.39, 0.29) is 5.91 Å². The van der Waals surface area contributed by atoms with E-state index in [0.717, 1.165) is 37.4 Å². The minimum atomic E-state index is 0.0659. The van der Waals surface area contributed by atoms with Crippen LogP contribution >= 0.6 is 0 Å². The maximum atomic E-state index is 12.6. The molecule has 3 aromatic rings. The fraction of sp³-hybridized carbons (Fsp3) is 0.312. The number of carbonyl (C=O) groups is 1. The molecule has 0 atom stereocenters. The van der Waals surface area contributed by atoms with E-state index >= 15 is 0 Å². The van der Waals surface area contributed by atoms with Crippen LogP contribution in [0.1, 0.15) is 34.9 Å². The molecule has 0 unspecified atom stereocenters. The van der Waals surface area contributed by atoms with Gasteiger partial charge in [0.25, 0.3) is 5.91 Å². The minimum Gasteiger partial charge on any atom is -0.348 e. The van der Waals surface area contributed by atoms with Gasteiger partial charge in [-0.15, -0.1) is 5.10 Å². The van der Waals surface area contributed by atoms with Gasteiger partial charge in [0.1, 0.15) is 12.2 Å². The molecule has 1 saturated heterocycles. The molecule has 1 fully saturated rings. The van der Waals surface area contributed by atoms with Crippen molar-refractivity contribution in [1.82, 2.24) is 35.1 Å². The van der Waals surface area contributed by atoms with Crippen LogP contribution in [-0.4, -0.2) is 54.1 Å². The van der Waals surface area contributed by atoms with Crippen molar-refractivity contribution < 1.29 is 4.79 Å². The number of carbonyl (C=O) groups excluding carboxylic acids is 1. The molecule has 3 heterocycles. The molecule has 1 aromatic carbocycles. The first kappa shape index (κ1) is 14.6. The van der Waals surface area contributed by atoms with E-state index < -0.39 is 0 Å². The largest absolute Gasteiger partial charge is 0.348 e. The zero-order valence-corrected chi connectivity index (χ0v) is 13.0. The van der Waals surface area contributed by atoms with Gasteiger partial charge in [0.05, 0.1) is 5.69 Å². The van der Waals surface area contributed by atoms with E-state index in [1.165, 1.54) is 6.33 Å². The second kappa shape index (κ2) is 6.23. The molecule has 8 nitrogen and oxygen atoms in total. The van der Waals surface area contributed by atoms with Crippen LogP contribution < -0.4 is 0 Å². The number of piperidine rings is 1. The van der Waals surface area contributed by atoms with Gasteiger partial charge in [-0.05, 0) is 47.5 Å². The molecule has 2 aromatic heterocycles. The highest BCUT2D eigenvalue weighted by Crippen LogP contribution is 2.26. The fourth-order valence-corrected chi connectivity index (χ4v) is 3.08. The van der Waals surface area contributed by atoms with Gasteiger partial charge >= 0.3 is 0 Å². The van der Waals surface area contributed by atoms with Crippen LogP contribution in [0.25, 0.3) is 5.69 Å². The molecule has 1 N–H and O–H groups in total. The second-order valence-corrected chi connectivity index (χ2v) is 5.84. The van der Waals surface area contributed by atoms with Crippen LogP contribution in [-0.2, 0) is 0 Å². The molecule has 0 radical (unpaired) electrons. The number of hydrogen-bond donors (Lipinski definition) is 1. The van der Waals surface area contributed by atoms with Crippen molar-refractivity contribution in [2.24, 2.45) is 0 Å². The Hall–Kier alpha value is -3.03. The molecule has 0 spiro atoms. The number of H-pyrrole nitrogens is 1. The molecular weight excluding hydrogens is 306 g/mol. The number of tetrazole rings is 1. The summed E-state index contributed by atoms with van der Waals surface area (Å²) in [4.78, 5) is 22.0. The average molecular weight is 323 g/mol. The molecule has 0 bridgehead atoms. The number of benzene rings is 1. The van der Waals surface area contributed by atoms with Gasteiger partial charge in [0, 0.05) is 37.0 Å². The first-order chi connectivity index (χ1) is 11.8. The molecule has 4 rings (SSSR count). The molecule has 1 aliphatic heterocycles. The van der Waals surface area contributed by atoms with E-state index in [2.05, 4.69) is 25.5 Å². The van der Waals surface area contributed by atoms with Crippen LogP contribution in [0.5, 0.6) is 0 Å². The third-order valence-corrected chi connectivity index (χ3v) is 4.42. The number of imidazole rings is 1. The number of nitrogens with one attached hydrogen (secondary N) is 1. The number of likely N-dealkylation sites (tertiary alicyclic amines) is 1. The van der Waals surface area contributed by atoms with Crippen LogP contribution in [0.2, 0.25) is 0 Å². The van der Waals surface area contributed by atoms with Gasteiger partial charge in [-0.1, -0.05) is 0 Å². The van der Waals surface area contributed by atoms with Gasteiger partial charge in [-0.25, -0.2) is 9.67 Å². The van der Waals surface area contributed by atoms with Crippen molar-refractivity contribution in [3.8, 4) is 5.69 Å². The highest BCUT2D eigenvalue weighted by molar-refractivity contribution is 5.94. The van der Waals surface area contributed by atoms with E-state index in [9.17, 15) is 4.79 Å². The van der Waals surface area contributed by atoms with Crippen molar-refractivity contribution in [1.29, 1.82) is 0 Å². The predicted molar refractivity (Wildman–Crippen MR) is 85.6 cm³/mol. The van der Waals surface area contributed by atoms with Crippen molar-refractivity contribution in [3.05, 3.63) is 54.4 Å². The Balaban J connectivity index is 1.41. The van der Waals surface area contributed by atoms with Crippen LogP contribution in [0.15, 0.2) is 43.0 Å². The highest BCUT2D eigenvalue weighted by atomic mass is 16.2. The number of aromatic nitrogens is 6. The molecule has 1 aliphatic rings. The minimum absolute atomic E-state index is 0.0659. The van der Waals surface area contributed by atoms with Crippen LogP contribution in [0, 0.1) is 0 Å². The summed E-state index contributed by atoms with van der Waals surface area (Å²) in [7, 11) is 0. The molecular formula is C16H17N7O. The Morgan fingerprint density at radius 2 is 1.96 bits per heavy atom. The number of aromatic amines is 1. The number of rotatable bonds is 3. The lowest BCUT2D eigenvalue weighted by molar-refractivity contribution is 0.0711. The summed E-state index contributed by atoms with van der Waals surface area (Å²) in [5.74, 6) is 1.50. The average Bonchev–Trinajstić information content (AvgIpc) is 3.35. The Kier molecular flexibility index (Phi) is 3.78. The Bertz CT molecular complexity index is 788. The van der Waals surface area contributed by atoms with Crippen molar-refractivity contribution in [2.45, 2.75) is 18.8 Å². The maximum Gasteiger partial charge on any atom is 0.253 e. The highest BCUT2D eigenvalue weighted by Gasteiger charge is 2.25. The summed E-state index contributed by atoms with van der Waals surface area (Å²) < 4.78 is 1.56. The first-order valence-corrected chi connectivity index (χ1v) is 7.93. The Labute approximate surface area is 138 Å². The topological polar surface area (TPSA) is 92.6 Å². The second-order valence-electron chi connectivity index (χ2n) is 5.84. The van der Waals surface area contributed by atoms with Gasteiger partial charge < -0.3 is 9.88 Å². The summed E-state index contributed by atoms with van der Waals surface area (Å²) in [6.45, 7) is 1.50. The van der Waals surface area contributed by atoms with E-state index in [0.29, 0.717) is 11.5 Å². The van der Waals surface area contributed by atoms with Crippen molar-refractivity contribution in [2.75, 3.05) is 13.1 Å². The summed E-state index contributed by atoms with van der Waals surface area (Å²) in [5, 5.41) is 11.0. The quantitative estimate of drug-likeness (QED) is 0.786. The predicted octanol–water partition coefficient (Wildman–Crippen LogP) is 1.41. The van der Waals surface area contributed by atoms with Gasteiger partial charge in [-0.2, -0.15) is 0 Å². The summed E-state index contributed by atoms with van der Waals surface area (Å²) in [5.41, 5.74) is 1.51. The number of nitrogens with zero attached hydrogens (tertiary/aromatic N) is 6. The normalized spacial score (nSPS) is 15.6. The van der Waals surface area contributed by atoms with Crippen LogP contribution in [0.4, 0.5) is 0 Å². The van der Waals surface area contributed by atoms with Crippen LogP contribution in [0.3, 0.4) is 0 Å². The number of hydrogen-bond acceptors (Lipinski definition) is 5. The third-order valence-electron chi connectivity index (χ3n) is 4.42. The monoisotopic (exact) mass is 323 g/mol. The third kappa shape index (κ3) is 2.78. The molecule has 0 aliphatic carbocycles. The lowest BCUT2D eigenvalue weighted by atomic mass is 9.95. The molecule has 1 amide bonds. The van der Waals surface area contributed by atoms with E-state index in [1.54, 1.807) is 10.9 Å². The van der Waals surface area contributed by atoms with Crippen molar-refractivity contribution in [3.63, 3.8) is 0 Å². The SMILES string of the molecule is O=C(c1ccc(-n2cnnn2)cc1)N1CCC(c2ncc[nH]2)CC1. The summed E-state index contributed by atoms with van der Waals surface area (Å²) >= 11 is 0. The molecule has 122 valence electrons. The lowest BCUT2D eigenvalue weighted by Crippen LogP contribution is -2.38. The van der Waals surface area contributed by atoms with Gasteiger partial charge in [-0.3, -0.25) is 4.79 Å². The van der Waals surface area contributed by atoms with Crippen molar-refractivity contribution >= 4 is 5.91 Å². The maximum absolute atomic E-state index is 12.6. The number of amides is 1. The smallest absolute Gasteiger partial charge is 0.253 e. The zero-order chi connectivity index (χ0) is 16.4. The zero-order valence-electron chi connectivity index (χ0n) is 13.0. The molecule has 24 heavy (non-hydrogen) atoms. The first-order valence-electron chi connectivity index (χ1n) is 7.93. The fourth-order valence-electron chi connectivity index (χ4n) is 3.08. The van der Waals surface area contributed by atoms with E-state index in [1.807, 2.05) is 35.4 Å². The lowest BCUT2D eigenvalue weighted by Gasteiger charge is -2.31. The molecule has 0 saturated carbocycles. The summed E-state index contributed by atoms with van der Waals surface area (Å²) in [6, 6.07) is 7.33. The standard InChI is InChI=1S/C16H17N7O/c24-16(13-1-3-14(4-2-13)23-11-19-20-21-23)22-9-5-12(6-10-22)15-17-7-8-18-15/h1-4,7-8,11-12H,5-6,9-10H2,(H,17,18). The van der Waals surface area contributed by atoms with E-state index in [4.69, 9.17) is 0 Å². The Morgan fingerprint density at radius 1 is 1.17 bits per heavy atom. The summed E-state index contributed by atoms with van der Waals surface area (Å²) in [6.07, 6.45) is 7.01.